The predicted molar refractivity (Wildman–Crippen MR) is 80.4 cm³/mol. The highest BCUT2D eigenvalue weighted by Gasteiger charge is 2.26. The van der Waals surface area contributed by atoms with Gasteiger partial charge in [0.15, 0.2) is 0 Å². The van der Waals surface area contributed by atoms with Crippen LogP contribution in [0.1, 0.15) is 26.7 Å². The van der Waals surface area contributed by atoms with Crippen molar-refractivity contribution in [3.63, 3.8) is 0 Å². The lowest BCUT2D eigenvalue weighted by Gasteiger charge is -2.21. The molecule has 1 saturated carbocycles. The molecule has 1 aromatic heterocycles. The van der Waals surface area contributed by atoms with Crippen LogP contribution in [-0.2, 0) is 11.3 Å². The number of primary amides is 1. The average Bonchev–Trinajstić information content (AvgIpc) is 3.18. The zero-order valence-corrected chi connectivity index (χ0v) is 13.2. The van der Waals surface area contributed by atoms with Crippen molar-refractivity contribution in [1.29, 1.82) is 0 Å². The molecule has 0 aliphatic heterocycles. The van der Waals surface area contributed by atoms with Crippen molar-refractivity contribution in [3.05, 3.63) is 21.0 Å². The molecule has 0 aromatic carbocycles. The lowest BCUT2D eigenvalue weighted by molar-refractivity contribution is -0.125. The number of hydrogen-bond donors (Lipinski definition) is 2. The smallest absolute Gasteiger partial charge is 0.283 e. The van der Waals surface area contributed by atoms with Crippen LogP contribution in [0.3, 0.4) is 0 Å². The van der Waals surface area contributed by atoms with E-state index in [4.69, 9.17) is 5.73 Å². The highest BCUT2D eigenvalue weighted by Crippen LogP contribution is 2.30. The van der Waals surface area contributed by atoms with Gasteiger partial charge in [0, 0.05) is 13.1 Å². The van der Waals surface area contributed by atoms with Gasteiger partial charge < -0.3 is 11.1 Å². The quantitative estimate of drug-likeness (QED) is 0.816. The van der Waals surface area contributed by atoms with Gasteiger partial charge >= 0.3 is 0 Å². The summed E-state index contributed by atoms with van der Waals surface area (Å²) in [5, 5.41) is 7.21. The fraction of sp³-hybridized carbons (Fsp3) is 0.615. The first-order chi connectivity index (χ1) is 9.31. The van der Waals surface area contributed by atoms with Crippen molar-refractivity contribution in [2.24, 2.45) is 17.1 Å². The van der Waals surface area contributed by atoms with Crippen LogP contribution in [0.5, 0.6) is 0 Å². The number of amides is 1. The van der Waals surface area contributed by atoms with E-state index in [1.54, 1.807) is 20.0 Å². The van der Waals surface area contributed by atoms with E-state index in [1.165, 1.54) is 17.5 Å². The topological polar surface area (TPSA) is 90.0 Å². The molecule has 110 valence electrons. The second-order valence-corrected chi connectivity index (χ2v) is 6.70. The van der Waals surface area contributed by atoms with Crippen LogP contribution in [0.25, 0.3) is 0 Å². The molecule has 20 heavy (non-hydrogen) atoms. The van der Waals surface area contributed by atoms with Crippen LogP contribution in [0, 0.1) is 11.3 Å². The predicted octanol–water partition coefficient (Wildman–Crippen LogP) is 1.34. The van der Waals surface area contributed by atoms with E-state index >= 15 is 0 Å². The van der Waals surface area contributed by atoms with Crippen molar-refractivity contribution in [3.8, 4) is 0 Å². The number of halogens is 1. The van der Waals surface area contributed by atoms with E-state index in [0.29, 0.717) is 29.2 Å². The normalized spacial score (nSPS) is 15.2. The summed E-state index contributed by atoms with van der Waals surface area (Å²) in [6, 6.07) is 0. The number of carbonyl (C=O) groups excluding carboxylic acids is 1. The first kappa shape index (κ1) is 15.0. The lowest BCUT2D eigenvalue weighted by Crippen LogP contribution is -2.37. The van der Waals surface area contributed by atoms with Crippen molar-refractivity contribution in [2.45, 2.75) is 33.2 Å². The van der Waals surface area contributed by atoms with Crippen LogP contribution in [0.4, 0.5) is 5.69 Å². The van der Waals surface area contributed by atoms with Gasteiger partial charge in [0.25, 0.3) is 5.56 Å². The minimum Gasteiger partial charge on any atom is -0.382 e. The Labute approximate surface area is 125 Å². The van der Waals surface area contributed by atoms with Crippen LogP contribution in [0.2, 0.25) is 0 Å². The summed E-state index contributed by atoms with van der Waals surface area (Å²) in [6.07, 6.45) is 3.93. The van der Waals surface area contributed by atoms with Crippen molar-refractivity contribution < 1.29 is 4.79 Å². The van der Waals surface area contributed by atoms with Gasteiger partial charge in [-0.05, 0) is 48.5 Å². The number of aromatic nitrogens is 2. The van der Waals surface area contributed by atoms with Crippen LogP contribution in [0.15, 0.2) is 15.5 Å². The van der Waals surface area contributed by atoms with Crippen molar-refractivity contribution in [2.75, 3.05) is 11.9 Å². The molecule has 1 aromatic rings. The van der Waals surface area contributed by atoms with Gasteiger partial charge in [-0.1, -0.05) is 0 Å². The van der Waals surface area contributed by atoms with Gasteiger partial charge in [-0.25, -0.2) is 4.68 Å². The Bertz CT molecular complexity index is 578. The average molecular weight is 343 g/mol. The molecule has 1 aliphatic rings. The molecule has 0 bridgehead atoms. The maximum Gasteiger partial charge on any atom is 0.283 e. The largest absolute Gasteiger partial charge is 0.382 e. The molecular formula is C13H19BrN4O2. The Morgan fingerprint density at radius 3 is 2.80 bits per heavy atom. The molecule has 1 fully saturated rings. The molecular weight excluding hydrogens is 324 g/mol. The monoisotopic (exact) mass is 342 g/mol. The standard InChI is InChI=1S/C13H19BrN4O2/c1-13(2,12(15)20)7-16-9-5-17-18(6-8-3-4-8)11(19)10(9)14/h5,8,16H,3-4,6-7H2,1-2H3,(H2,15,20). The summed E-state index contributed by atoms with van der Waals surface area (Å²) in [5.41, 5.74) is 5.05. The van der Waals surface area contributed by atoms with E-state index in [1.807, 2.05) is 0 Å². The summed E-state index contributed by atoms with van der Waals surface area (Å²) in [7, 11) is 0. The summed E-state index contributed by atoms with van der Waals surface area (Å²) in [6.45, 7) is 4.51. The fourth-order valence-electron chi connectivity index (χ4n) is 1.67. The van der Waals surface area contributed by atoms with Gasteiger partial charge in [-0.3, -0.25) is 9.59 Å². The first-order valence-corrected chi connectivity index (χ1v) is 7.40. The van der Waals surface area contributed by atoms with Crippen LogP contribution >= 0.6 is 15.9 Å². The fourth-order valence-corrected chi connectivity index (χ4v) is 2.11. The highest BCUT2D eigenvalue weighted by atomic mass is 79.9. The van der Waals surface area contributed by atoms with Crippen molar-refractivity contribution >= 4 is 27.5 Å². The van der Waals surface area contributed by atoms with Gasteiger partial charge in [0.05, 0.1) is 17.3 Å². The van der Waals surface area contributed by atoms with E-state index in [2.05, 4.69) is 26.3 Å². The molecule has 1 amide bonds. The van der Waals surface area contributed by atoms with E-state index in [0.717, 1.165) is 0 Å². The third kappa shape index (κ3) is 3.39. The Morgan fingerprint density at radius 2 is 2.25 bits per heavy atom. The lowest BCUT2D eigenvalue weighted by atomic mass is 9.93. The molecule has 0 spiro atoms. The van der Waals surface area contributed by atoms with Gasteiger partial charge in [0.2, 0.25) is 5.91 Å². The molecule has 0 radical (unpaired) electrons. The number of nitrogens with zero attached hydrogens (tertiary/aromatic N) is 2. The maximum absolute atomic E-state index is 12.1. The number of carbonyl (C=O) groups is 1. The minimum atomic E-state index is -0.692. The Morgan fingerprint density at radius 1 is 1.60 bits per heavy atom. The molecule has 6 nitrogen and oxygen atoms in total. The Kier molecular flexibility index (Phi) is 4.17. The number of nitrogens with one attached hydrogen (secondary N) is 1. The van der Waals surface area contributed by atoms with Crippen LogP contribution in [-0.4, -0.2) is 22.2 Å². The first-order valence-electron chi connectivity index (χ1n) is 6.60. The number of hydrogen-bond acceptors (Lipinski definition) is 4. The number of nitrogens with two attached hydrogens (primary N) is 1. The third-order valence-electron chi connectivity index (χ3n) is 3.50. The van der Waals surface area contributed by atoms with Gasteiger partial charge in [-0.2, -0.15) is 5.10 Å². The molecule has 1 aliphatic carbocycles. The summed E-state index contributed by atoms with van der Waals surface area (Å²) in [5.74, 6) is 0.191. The van der Waals surface area contributed by atoms with Crippen LogP contribution < -0.4 is 16.6 Å². The molecule has 0 atom stereocenters. The van der Waals surface area contributed by atoms with Crippen molar-refractivity contribution in [1.82, 2.24) is 9.78 Å². The molecule has 3 N–H and O–H groups in total. The highest BCUT2D eigenvalue weighted by molar-refractivity contribution is 9.10. The van der Waals surface area contributed by atoms with E-state index in [-0.39, 0.29) is 5.56 Å². The van der Waals surface area contributed by atoms with Gasteiger partial charge in [-0.15, -0.1) is 0 Å². The number of anilines is 1. The van der Waals surface area contributed by atoms with Gasteiger partial charge in [0.1, 0.15) is 4.47 Å². The minimum absolute atomic E-state index is 0.154. The second kappa shape index (κ2) is 5.55. The van der Waals surface area contributed by atoms with E-state index < -0.39 is 11.3 Å². The molecule has 0 unspecified atom stereocenters. The number of rotatable bonds is 6. The summed E-state index contributed by atoms with van der Waals surface area (Å²) < 4.78 is 1.92. The molecule has 2 rings (SSSR count). The summed E-state index contributed by atoms with van der Waals surface area (Å²) in [4.78, 5) is 23.4. The zero-order valence-electron chi connectivity index (χ0n) is 11.6. The zero-order chi connectivity index (χ0) is 14.9. The molecule has 0 saturated heterocycles. The Hall–Kier alpha value is -1.37. The summed E-state index contributed by atoms with van der Waals surface area (Å²) >= 11 is 3.29. The molecule has 1 heterocycles. The van der Waals surface area contributed by atoms with E-state index in [9.17, 15) is 9.59 Å². The molecule has 7 heteroatoms. The Balaban J connectivity index is 2.11. The SMILES string of the molecule is CC(C)(CNc1cnn(CC2CC2)c(=O)c1Br)C(N)=O. The second-order valence-electron chi connectivity index (χ2n) is 5.90. The third-order valence-corrected chi connectivity index (χ3v) is 4.27. The maximum atomic E-state index is 12.1.